The molecule has 1 nitrogen and oxygen atoms in total. The summed E-state index contributed by atoms with van der Waals surface area (Å²) < 4.78 is 0. The average Bonchev–Trinajstić information content (AvgIpc) is 2.22. The van der Waals surface area contributed by atoms with E-state index < -0.39 is 0 Å². The largest absolute Gasteiger partial charge is 0.324 e. The van der Waals surface area contributed by atoms with Gasteiger partial charge in [-0.3, -0.25) is 0 Å². The van der Waals surface area contributed by atoms with Crippen LogP contribution in [0.4, 0.5) is 0 Å². The highest BCUT2D eigenvalue weighted by atomic mass is 35.5. The third-order valence-electron chi connectivity index (χ3n) is 2.69. The molecule has 1 unspecified atom stereocenters. The van der Waals surface area contributed by atoms with Gasteiger partial charge in [0, 0.05) is 6.04 Å². The van der Waals surface area contributed by atoms with E-state index in [1.807, 2.05) is 18.2 Å². The number of halogens is 2. The van der Waals surface area contributed by atoms with Crippen LogP contribution in [0.1, 0.15) is 24.8 Å². The molecule has 2 N–H and O–H groups in total. The molecule has 1 aliphatic rings. The molecule has 0 saturated heterocycles. The van der Waals surface area contributed by atoms with Crippen molar-refractivity contribution in [3.8, 4) is 0 Å². The lowest BCUT2D eigenvalue weighted by atomic mass is 9.91. The molecule has 0 fully saturated rings. The number of hydrogen-bond acceptors (Lipinski definition) is 1. The van der Waals surface area contributed by atoms with Crippen LogP contribution in [0.25, 0.3) is 5.57 Å². The number of benzene rings is 1. The fourth-order valence-corrected chi connectivity index (χ4v) is 2.19. The zero-order valence-electron chi connectivity index (χ0n) is 8.34. The SMILES string of the molecule is NC1C=C(c2ccc(Cl)c(Cl)c2)CCC1. The summed E-state index contributed by atoms with van der Waals surface area (Å²) in [5, 5.41) is 1.20. The molecule has 15 heavy (non-hydrogen) atoms. The Morgan fingerprint density at radius 1 is 1.20 bits per heavy atom. The first-order valence-corrected chi connectivity index (χ1v) is 5.84. The summed E-state index contributed by atoms with van der Waals surface area (Å²) in [4.78, 5) is 0. The average molecular weight is 242 g/mol. The van der Waals surface area contributed by atoms with Crippen LogP contribution in [0.15, 0.2) is 24.3 Å². The smallest absolute Gasteiger partial charge is 0.0598 e. The molecule has 0 aromatic heterocycles. The van der Waals surface area contributed by atoms with Crippen molar-refractivity contribution in [2.75, 3.05) is 0 Å². The third kappa shape index (κ3) is 2.54. The molecule has 1 aromatic rings. The van der Waals surface area contributed by atoms with Crippen LogP contribution >= 0.6 is 23.2 Å². The lowest BCUT2D eigenvalue weighted by molar-refractivity contribution is 0.654. The second-order valence-corrected chi connectivity index (χ2v) is 4.69. The Hall–Kier alpha value is -0.500. The standard InChI is InChI=1S/C12H13Cl2N/c13-11-5-4-9(7-12(11)14)8-2-1-3-10(15)6-8/h4-7,10H,1-3,15H2. The van der Waals surface area contributed by atoms with Gasteiger partial charge in [-0.25, -0.2) is 0 Å². The summed E-state index contributed by atoms with van der Waals surface area (Å²) in [5.41, 5.74) is 8.32. The molecule has 0 spiro atoms. The fraction of sp³-hybridized carbons (Fsp3) is 0.333. The molecule has 0 heterocycles. The highest BCUT2D eigenvalue weighted by molar-refractivity contribution is 6.42. The van der Waals surface area contributed by atoms with Crippen molar-refractivity contribution >= 4 is 28.8 Å². The first kappa shape index (κ1) is 11.0. The Morgan fingerprint density at radius 3 is 2.67 bits per heavy atom. The van der Waals surface area contributed by atoms with Gasteiger partial charge < -0.3 is 5.73 Å². The minimum atomic E-state index is 0.184. The predicted octanol–water partition coefficient (Wildman–Crippen LogP) is 3.89. The fourth-order valence-electron chi connectivity index (χ4n) is 1.89. The van der Waals surface area contributed by atoms with Crippen LogP contribution in [0.2, 0.25) is 10.0 Å². The number of hydrogen-bond donors (Lipinski definition) is 1. The molecule has 3 heteroatoms. The van der Waals surface area contributed by atoms with Crippen LogP contribution in [-0.4, -0.2) is 6.04 Å². The van der Waals surface area contributed by atoms with Crippen LogP contribution in [-0.2, 0) is 0 Å². The van der Waals surface area contributed by atoms with Gasteiger partial charge in [-0.15, -0.1) is 0 Å². The van der Waals surface area contributed by atoms with Gasteiger partial charge >= 0.3 is 0 Å². The second-order valence-electron chi connectivity index (χ2n) is 3.88. The van der Waals surface area contributed by atoms with E-state index in [1.165, 1.54) is 5.57 Å². The number of rotatable bonds is 1. The topological polar surface area (TPSA) is 26.0 Å². The second kappa shape index (κ2) is 4.56. The molecule has 0 aliphatic heterocycles. The Bertz CT molecular complexity index is 399. The molecular formula is C12H13Cl2N. The van der Waals surface area contributed by atoms with Gasteiger partial charge in [-0.2, -0.15) is 0 Å². The summed E-state index contributed by atoms with van der Waals surface area (Å²) >= 11 is 11.9. The first-order valence-electron chi connectivity index (χ1n) is 5.08. The normalized spacial score (nSPS) is 21.3. The van der Waals surface area contributed by atoms with Gasteiger partial charge in [-0.05, 0) is 42.5 Å². The summed E-state index contributed by atoms with van der Waals surface area (Å²) in [6.07, 6.45) is 5.42. The van der Waals surface area contributed by atoms with Crippen molar-refractivity contribution in [1.29, 1.82) is 0 Å². The van der Waals surface area contributed by atoms with E-state index in [9.17, 15) is 0 Å². The summed E-state index contributed by atoms with van der Waals surface area (Å²) in [6, 6.07) is 5.93. The quantitative estimate of drug-likeness (QED) is 0.794. The lowest BCUT2D eigenvalue weighted by Gasteiger charge is -2.18. The number of allylic oxidation sites excluding steroid dienone is 1. The maximum Gasteiger partial charge on any atom is 0.0598 e. The summed E-state index contributed by atoms with van der Waals surface area (Å²) in [7, 11) is 0. The van der Waals surface area contributed by atoms with E-state index in [4.69, 9.17) is 28.9 Å². The van der Waals surface area contributed by atoms with Gasteiger partial charge in [0.15, 0.2) is 0 Å². The molecule has 0 radical (unpaired) electrons. The highest BCUT2D eigenvalue weighted by Crippen LogP contribution is 2.30. The Kier molecular flexibility index (Phi) is 3.35. The van der Waals surface area contributed by atoms with Gasteiger partial charge in [0.2, 0.25) is 0 Å². The molecule has 2 rings (SSSR count). The highest BCUT2D eigenvalue weighted by Gasteiger charge is 2.12. The van der Waals surface area contributed by atoms with E-state index in [1.54, 1.807) is 0 Å². The van der Waals surface area contributed by atoms with Crippen molar-refractivity contribution < 1.29 is 0 Å². The predicted molar refractivity (Wildman–Crippen MR) is 66.3 cm³/mol. The van der Waals surface area contributed by atoms with E-state index >= 15 is 0 Å². The van der Waals surface area contributed by atoms with Crippen molar-refractivity contribution in [2.24, 2.45) is 5.73 Å². The van der Waals surface area contributed by atoms with Crippen LogP contribution in [0.5, 0.6) is 0 Å². The van der Waals surface area contributed by atoms with Crippen LogP contribution in [0, 0.1) is 0 Å². The molecule has 1 atom stereocenters. The van der Waals surface area contributed by atoms with Crippen molar-refractivity contribution in [1.82, 2.24) is 0 Å². The van der Waals surface area contributed by atoms with Crippen molar-refractivity contribution in [3.05, 3.63) is 39.9 Å². The van der Waals surface area contributed by atoms with Gasteiger partial charge in [-0.1, -0.05) is 35.3 Å². The van der Waals surface area contributed by atoms with Crippen molar-refractivity contribution in [2.45, 2.75) is 25.3 Å². The molecular weight excluding hydrogens is 229 g/mol. The van der Waals surface area contributed by atoms with Crippen LogP contribution in [0.3, 0.4) is 0 Å². The van der Waals surface area contributed by atoms with E-state index in [2.05, 4.69) is 6.08 Å². The van der Waals surface area contributed by atoms with E-state index in [-0.39, 0.29) is 6.04 Å². The molecule has 80 valence electrons. The summed E-state index contributed by atoms with van der Waals surface area (Å²) in [6.45, 7) is 0. The minimum absolute atomic E-state index is 0.184. The molecule has 0 amide bonds. The van der Waals surface area contributed by atoms with Crippen LogP contribution < -0.4 is 5.73 Å². The zero-order chi connectivity index (χ0) is 10.8. The number of nitrogens with two attached hydrogens (primary N) is 1. The van der Waals surface area contributed by atoms with E-state index in [0.29, 0.717) is 10.0 Å². The maximum atomic E-state index is 5.98. The van der Waals surface area contributed by atoms with E-state index in [0.717, 1.165) is 24.8 Å². The minimum Gasteiger partial charge on any atom is -0.324 e. The molecule has 0 bridgehead atoms. The lowest BCUT2D eigenvalue weighted by Crippen LogP contribution is -2.19. The van der Waals surface area contributed by atoms with Gasteiger partial charge in [0.1, 0.15) is 0 Å². The van der Waals surface area contributed by atoms with Crippen molar-refractivity contribution in [3.63, 3.8) is 0 Å². The Labute approximate surface area is 99.9 Å². The first-order chi connectivity index (χ1) is 7.16. The Morgan fingerprint density at radius 2 is 2.00 bits per heavy atom. The third-order valence-corrected chi connectivity index (χ3v) is 3.43. The van der Waals surface area contributed by atoms with Gasteiger partial charge in [0.25, 0.3) is 0 Å². The van der Waals surface area contributed by atoms with Gasteiger partial charge in [0.05, 0.1) is 10.0 Å². The Balaban J connectivity index is 2.33. The maximum absolute atomic E-state index is 5.98. The summed E-state index contributed by atoms with van der Waals surface area (Å²) in [5.74, 6) is 0. The monoisotopic (exact) mass is 241 g/mol. The zero-order valence-corrected chi connectivity index (χ0v) is 9.85. The molecule has 1 aromatic carbocycles. The molecule has 0 saturated carbocycles. The molecule has 1 aliphatic carbocycles.